The van der Waals surface area contributed by atoms with Crippen molar-refractivity contribution in [2.45, 2.75) is 32.7 Å². The lowest BCUT2D eigenvalue weighted by Crippen LogP contribution is -2.15. The number of allylic oxidation sites excluding steroid dienone is 3. The first-order valence-electron chi connectivity index (χ1n) is 6.47. The lowest BCUT2D eigenvalue weighted by Gasteiger charge is -2.20. The summed E-state index contributed by atoms with van der Waals surface area (Å²) < 4.78 is 0. The lowest BCUT2D eigenvalue weighted by molar-refractivity contribution is 0.871. The summed E-state index contributed by atoms with van der Waals surface area (Å²) in [7, 11) is 0. The van der Waals surface area contributed by atoms with Crippen LogP contribution in [0.5, 0.6) is 0 Å². The number of hydrogen-bond donors (Lipinski definition) is 1. The van der Waals surface area contributed by atoms with Crippen LogP contribution in [0.1, 0.15) is 31.7 Å². The van der Waals surface area contributed by atoms with E-state index >= 15 is 0 Å². The van der Waals surface area contributed by atoms with Gasteiger partial charge in [0, 0.05) is 22.9 Å². The topological polar surface area (TPSA) is 38.4 Å². The summed E-state index contributed by atoms with van der Waals surface area (Å²) in [5, 5.41) is 0.761. The molecule has 0 amide bonds. The molecule has 0 radical (unpaired) electrons. The predicted octanol–water partition coefficient (Wildman–Crippen LogP) is 4.25. The first kappa shape index (κ1) is 13.9. The summed E-state index contributed by atoms with van der Waals surface area (Å²) in [5.41, 5.74) is 11.3. The molecule has 0 atom stereocenters. The zero-order valence-electron chi connectivity index (χ0n) is 11.2. The van der Waals surface area contributed by atoms with Crippen molar-refractivity contribution in [1.82, 2.24) is 0 Å². The molecule has 0 unspecified atom stereocenters. The lowest BCUT2D eigenvalue weighted by atomic mass is 9.88. The van der Waals surface area contributed by atoms with Gasteiger partial charge < -0.3 is 5.73 Å². The van der Waals surface area contributed by atoms with Crippen LogP contribution in [0.25, 0.3) is 0 Å². The molecule has 19 heavy (non-hydrogen) atoms. The first-order valence-corrected chi connectivity index (χ1v) is 6.84. The molecule has 3 heteroatoms. The first-order chi connectivity index (χ1) is 9.08. The Morgan fingerprint density at radius 1 is 1.37 bits per heavy atom. The van der Waals surface area contributed by atoms with Crippen LogP contribution in [0.2, 0.25) is 5.02 Å². The van der Waals surface area contributed by atoms with Crippen LogP contribution in [0.3, 0.4) is 0 Å². The SMILES string of the molecule is C=C1CC/C(=C(\C)N)C(=NCc2ccccc2Cl)C1. The number of nitrogens with zero attached hydrogens (tertiary/aromatic N) is 1. The van der Waals surface area contributed by atoms with E-state index < -0.39 is 0 Å². The van der Waals surface area contributed by atoms with E-state index in [0.717, 1.165) is 41.3 Å². The van der Waals surface area contributed by atoms with Gasteiger partial charge in [-0.3, -0.25) is 4.99 Å². The molecule has 2 nitrogen and oxygen atoms in total. The Balaban J connectivity index is 2.23. The maximum absolute atomic E-state index is 6.15. The summed E-state index contributed by atoms with van der Waals surface area (Å²) in [6.07, 6.45) is 2.78. The van der Waals surface area contributed by atoms with Crippen LogP contribution >= 0.6 is 11.6 Å². The summed E-state index contributed by atoms with van der Waals surface area (Å²) in [6, 6.07) is 7.80. The van der Waals surface area contributed by atoms with Crippen molar-refractivity contribution >= 4 is 17.3 Å². The third kappa shape index (κ3) is 3.48. The number of halogens is 1. The number of hydrogen-bond acceptors (Lipinski definition) is 2. The Labute approximate surface area is 119 Å². The summed E-state index contributed by atoms with van der Waals surface area (Å²) >= 11 is 6.15. The third-order valence-corrected chi connectivity index (χ3v) is 3.74. The molecule has 1 saturated carbocycles. The Morgan fingerprint density at radius 3 is 2.79 bits per heavy atom. The number of benzene rings is 1. The highest BCUT2D eigenvalue weighted by molar-refractivity contribution is 6.31. The van der Waals surface area contributed by atoms with Crippen LogP contribution in [0.15, 0.2) is 52.7 Å². The normalized spacial score (nSPS) is 20.7. The molecule has 2 N–H and O–H groups in total. The second-order valence-electron chi connectivity index (χ2n) is 4.94. The second-order valence-corrected chi connectivity index (χ2v) is 5.35. The van der Waals surface area contributed by atoms with E-state index in [4.69, 9.17) is 22.3 Å². The highest BCUT2D eigenvalue weighted by atomic mass is 35.5. The molecule has 0 heterocycles. The van der Waals surface area contributed by atoms with Gasteiger partial charge >= 0.3 is 0 Å². The van der Waals surface area contributed by atoms with Gasteiger partial charge in [0.1, 0.15) is 0 Å². The molecule has 1 aliphatic carbocycles. The van der Waals surface area contributed by atoms with Gasteiger partial charge in [-0.25, -0.2) is 0 Å². The third-order valence-electron chi connectivity index (χ3n) is 3.37. The van der Waals surface area contributed by atoms with Crippen molar-refractivity contribution in [3.63, 3.8) is 0 Å². The summed E-state index contributed by atoms with van der Waals surface area (Å²) in [5.74, 6) is 0. The van der Waals surface area contributed by atoms with E-state index in [1.54, 1.807) is 0 Å². The van der Waals surface area contributed by atoms with Gasteiger partial charge in [-0.1, -0.05) is 42.0 Å². The zero-order chi connectivity index (χ0) is 13.8. The average molecular weight is 275 g/mol. The molecule has 1 aromatic carbocycles. The van der Waals surface area contributed by atoms with Crippen molar-refractivity contribution in [1.29, 1.82) is 0 Å². The molecule has 1 aliphatic rings. The fourth-order valence-electron chi connectivity index (χ4n) is 2.26. The zero-order valence-corrected chi connectivity index (χ0v) is 12.0. The molecule has 2 rings (SSSR count). The fourth-order valence-corrected chi connectivity index (χ4v) is 2.46. The molecule has 0 spiro atoms. The van der Waals surface area contributed by atoms with Crippen molar-refractivity contribution in [2.24, 2.45) is 10.7 Å². The smallest absolute Gasteiger partial charge is 0.0657 e. The Kier molecular flexibility index (Phi) is 4.43. The maximum Gasteiger partial charge on any atom is 0.0657 e. The predicted molar refractivity (Wildman–Crippen MR) is 82.5 cm³/mol. The second kappa shape index (κ2) is 6.07. The average Bonchev–Trinajstić information content (AvgIpc) is 2.37. The molecular weight excluding hydrogens is 256 g/mol. The van der Waals surface area contributed by atoms with Crippen molar-refractivity contribution in [3.8, 4) is 0 Å². The van der Waals surface area contributed by atoms with Gasteiger partial charge in [-0.2, -0.15) is 0 Å². The Hall–Kier alpha value is -1.54. The van der Waals surface area contributed by atoms with Crippen LogP contribution in [-0.4, -0.2) is 5.71 Å². The van der Waals surface area contributed by atoms with E-state index in [2.05, 4.69) is 6.58 Å². The minimum Gasteiger partial charge on any atom is -0.402 e. The van der Waals surface area contributed by atoms with Crippen LogP contribution in [0.4, 0.5) is 0 Å². The van der Waals surface area contributed by atoms with Gasteiger partial charge in [0.25, 0.3) is 0 Å². The summed E-state index contributed by atoms with van der Waals surface area (Å²) in [6.45, 7) is 6.60. The standard InChI is InChI=1S/C16H19ClN2/c1-11-7-8-14(12(2)18)16(9-11)19-10-13-5-3-4-6-15(13)17/h3-6H,1,7-10,18H2,2H3/b14-12-,19-16?. The molecule has 0 bridgehead atoms. The highest BCUT2D eigenvalue weighted by Crippen LogP contribution is 2.26. The van der Waals surface area contributed by atoms with Crippen molar-refractivity contribution < 1.29 is 0 Å². The Bertz CT molecular complexity index is 552. The summed E-state index contributed by atoms with van der Waals surface area (Å²) in [4.78, 5) is 4.70. The van der Waals surface area contributed by atoms with E-state index in [1.807, 2.05) is 31.2 Å². The van der Waals surface area contributed by atoms with Crippen molar-refractivity contribution in [3.05, 3.63) is 58.3 Å². The minimum absolute atomic E-state index is 0.596. The number of nitrogens with two attached hydrogens (primary N) is 1. The van der Waals surface area contributed by atoms with Gasteiger partial charge in [0.05, 0.1) is 6.54 Å². The van der Waals surface area contributed by atoms with E-state index in [0.29, 0.717) is 6.54 Å². The van der Waals surface area contributed by atoms with Gasteiger partial charge in [-0.15, -0.1) is 0 Å². The molecule has 1 aromatic rings. The molecule has 100 valence electrons. The minimum atomic E-state index is 0.596. The van der Waals surface area contributed by atoms with Gasteiger partial charge in [0.2, 0.25) is 0 Å². The molecule has 0 aromatic heterocycles. The van der Waals surface area contributed by atoms with E-state index in [9.17, 15) is 0 Å². The molecule has 0 saturated heterocycles. The maximum atomic E-state index is 6.15. The number of aliphatic imine (C=N–C) groups is 1. The van der Waals surface area contributed by atoms with Gasteiger partial charge in [0.15, 0.2) is 0 Å². The molecular formula is C16H19ClN2. The van der Waals surface area contributed by atoms with Crippen LogP contribution in [-0.2, 0) is 6.54 Å². The van der Waals surface area contributed by atoms with Crippen LogP contribution in [0, 0.1) is 0 Å². The number of rotatable bonds is 2. The quantitative estimate of drug-likeness (QED) is 0.804. The Morgan fingerprint density at radius 2 is 2.11 bits per heavy atom. The molecule has 0 aliphatic heterocycles. The fraction of sp³-hybridized carbons (Fsp3) is 0.312. The van der Waals surface area contributed by atoms with Crippen molar-refractivity contribution in [2.75, 3.05) is 0 Å². The molecule has 1 fully saturated rings. The largest absolute Gasteiger partial charge is 0.402 e. The van der Waals surface area contributed by atoms with E-state index in [1.165, 1.54) is 11.1 Å². The van der Waals surface area contributed by atoms with Gasteiger partial charge in [-0.05, 0) is 37.0 Å². The van der Waals surface area contributed by atoms with Crippen LogP contribution < -0.4 is 5.73 Å². The monoisotopic (exact) mass is 274 g/mol. The highest BCUT2D eigenvalue weighted by Gasteiger charge is 2.17. The van der Waals surface area contributed by atoms with E-state index in [-0.39, 0.29) is 0 Å².